The van der Waals surface area contributed by atoms with Crippen molar-refractivity contribution in [3.05, 3.63) is 58.2 Å². The number of hydrogen-bond acceptors (Lipinski definition) is 6. The van der Waals surface area contributed by atoms with Crippen LogP contribution in [-0.2, 0) is 11.3 Å². The summed E-state index contributed by atoms with van der Waals surface area (Å²) in [5.41, 5.74) is 1.38. The fourth-order valence-electron chi connectivity index (χ4n) is 2.70. The van der Waals surface area contributed by atoms with Crippen LogP contribution in [-0.4, -0.2) is 30.9 Å². The van der Waals surface area contributed by atoms with Crippen LogP contribution in [0.1, 0.15) is 5.69 Å². The SMILES string of the molecule is O=C(COc1ccc(Cl)cc1Cl)NCc1cc(-c2ccc3c(c2)OCCO3)on1. The molecule has 0 saturated heterocycles. The summed E-state index contributed by atoms with van der Waals surface area (Å²) >= 11 is 11.8. The minimum atomic E-state index is -0.320. The van der Waals surface area contributed by atoms with Gasteiger partial charge in [0.25, 0.3) is 5.91 Å². The number of ether oxygens (including phenoxy) is 3. The Morgan fingerprint density at radius 2 is 1.90 bits per heavy atom. The smallest absolute Gasteiger partial charge is 0.258 e. The van der Waals surface area contributed by atoms with Crippen LogP contribution in [0.5, 0.6) is 17.2 Å². The number of nitrogens with one attached hydrogen (secondary N) is 1. The molecule has 0 bridgehead atoms. The van der Waals surface area contributed by atoms with E-state index in [2.05, 4.69) is 10.5 Å². The zero-order valence-electron chi connectivity index (χ0n) is 15.1. The van der Waals surface area contributed by atoms with Gasteiger partial charge in [0.05, 0.1) is 11.6 Å². The van der Waals surface area contributed by atoms with Crippen molar-refractivity contribution in [1.29, 1.82) is 0 Å². The molecule has 7 nitrogen and oxygen atoms in total. The van der Waals surface area contributed by atoms with E-state index < -0.39 is 0 Å². The van der Waals surface area contributed by atoms with Gasteiger partial charge >= 0.3 is 0 Å². The van der Waals surface area contributed by atoms with E-state index in [4.69, 9.17) is 41.9 Å². The Hall–Kier alpha value is -2.90. The molecule has 0 aliphatic carbocycles. The molecule has 0 atom stereocenters. The normalized spacial score (nSPS) is 12.5. The number of halogens is 2. The Morgan fingerprint density at radius 3 is 2.72 bits per heavy atom. The molecular formula is C20H16Cl2N2O5. The standard InChI is InChI=1S/C20H16Cl2N2O5/c21-13-2-4-16(15(22)8-13)28-11-20(25)23-10-14-9-18(29-24-14)12-1-3-17-19(7-12)27-6-5-26-17/h1-4,7-9H,5-6,10-11H2,(H,23,25). The minimum Gasteiger partial charge on any atom is -0.486 e. The minimum absolute atomic E-state index is 0.186. The van der Waals surface area contributed by atoms with Gasteiger partial charge in [-0.25, -0.2) is 0 Å². The lowest BCUT2D eigenvalue weighted by Crippen LogP contribution is -2.28. The Labute approximate surface area is 176 Å². The van der Waals surface area contributed by atoms with Crippen LogP contribution < -0.4 is 19.5 Å². The average Bonchev–Trinajstić information content (AvgIpc) is 3.20. The fraction of sp³-hybridized carbons (Fsp3) is 0.200. The van der Waals surface area contributed by atoms with Crippen molar-refractivity contribution in [2.24, 2.45) is 0 Å². The lowest BCUT2D eigenvalue weighted by molar-refractivity contribution is -0.123. The summed E-state index contributed by atoms with van der Waals surface area (Å²) in [6.07, 6.45) is 0. The molecule has 1 aliphatic heterocycles. The molecule has 1 N–H and O–H groups in total. The van der Waals surface area contributed by atoms with Crippen LogP contribution in [0.2, 0.25) is 10.0 Å². The molecule has 0 unspecified atom stereocenters. The van der Waals surface area contributed by atoms with E-state index in [1.54, 1.807) is 24.3 Å². The highest BCUT2D eigenvalue weighted by molar-refractivity contribution is 6.35. The first-order valence-corrected chi connectivity index (χ1v) is 9.54. The molecule has 1 aromatic heterocycles. The van der Waals surface area contributed by atoms with Gasteiger partial charge in [0, 0.05) is 16.7 Å². The van der Waals surface area contributed by atoms with E-state index in [-0.39, 0.29) is 19.1 Å². The zero-order valence-corrected chi connectivity index (χ0v) is 16.6. The number of nitrogens with zero attached hydrogens (tertiary/aromatic N) is 1. The van der Waals surface area contributed by atoms with Crippen molar-refractivity contribution < 1.29 is 23.5 Å². The van der Waals surface area contributed by atoms with Crippen molar-refractivity contribution >= 4 is 29.1 Å². The van der Waals surface area contributed by atoms with Gasteiger partial charge in [0.1, 0.15) is 24.7 Å². The third-order valence-electron chi connectivity index (χ3n) is 4.11. The van der Waals surface area contributed by atoms with E-state index >= 15 is 0 Å². The van der Waals surface area contributed by atoms with E-state index in [0.717, 1.165) is 5.56 Å². The van der Waals surface area contributed by atoms with Gasteiger partial charge in [-0.2, -0.15) is 0 Å². The summed E-state index contributed by atoms with van der Waals surface area (Å²) < 4.78 is 21.9. The number of amides is 1. The molecule has 0 saturated carbocycles. The molecule has 0 fully saturated rings. The summed E-state index contributed by atoms with van der Waals surface area (Å²) in [4.78, 5) is 12.0. The Bertz CT molecular complexity index is 1040. The molecule has 0 radical (unpaired) electrons. The first-order chi connectivity index (χ1) is 14.1. The first-order valence-electron chi connectivity index (χ1n) is 8.78. The van der Waals surface area contributed by atoms with Gasteiger partial charge in [-0.3, -0.25) is 4.79 Å². The van der Waals surface area contributed by atoms with Crippen LogP contribution in [0.3, 0.4) is 0 Å². The van der Waals surface area contributed by atoms with E-state index in [1.165, 1.54) is 0 Å². The molecule has 2 heterocycles. The highest BCUT2D eigenvalue weighted by Gasteiger charge is 2.15. The lowest BCUT2D eigenvalue weighted by atomic mass is 10.1. The summed E-state index contributed by atoms with van der Waals surface area (Å²) in [5.74, 6) is 2.00. The molecule has 1 amide bonds. The largest absolute Gasteiger partial charge is 0.486 e. The molecule has 9 heteroatoms. The zero-order chi connectivity index (χ0) is 20.2. The van der Waals surface area contributed by atoms with Gasteiger partial charge in [0.2, 0.25) is 0 Å². The molecule has 1 aliphatic rings. The summed E-state index contributed by atoms with van der Waals surface area (Å²) in [7, 11) is 0. The molecule has 150 valence electrons. The molecule has 0 spiro atoms. The van der Waals surface area contributed by atoms with Crippen LogP contribution in [0, 0.1) is 0 Å². The van der Waals surface area contributed by atoms with Crippen molar-refractivity contribution in [2.75, 3.05) is 19.8 Å². The van der Waals surface area contributed by atoms with Crippen LogP contribution in [0.25, 0.3) is 11.3 Å². The number of fused-ring (bicyclic) bond motifs is 1. The van der Waals surface area contributed by atoms with Crippen molar-refractivity contribution in [3.8, 4) is 28.6 Å². The van der Waals surface area contributed by atoms with Crippen molar-refractivity contribution in [3.63, 3.8) is 0 Å². The van der Waals surface area contributed by atoms with Gasteiger partial charge in [-0.15, -0.1) is 0 Å². The van der Waals surface area contributed by atoms with Gasteiger partial charge in [-0.05, 0) is 36.4 Å². The van der Waals surface area contributed by atoms with Crippen molar-refractivity contribution in [2.45, 2.75) is 6.54 Å². The molecule has 29 heavy (non-hydrogen) atoms. The number of aromatic nitrogens is 1. The second-order valence-corrected chi connectivity index (χ2v) is 7.02. The lowest BCUT2D eigenvalue weighted by Gasteiger charge is -2.18. The Kier molecular flexibility index (Phi) is 5.78. The topological polar surface area (TPSA) is 82.8 Å². The second kappa shape index (κ2) is 8.63. The quantitative estimate of drug-likeness (QED) is 0.628. The summed E-state index contributed by atoms with van der Waals surface area (Å²) in [6.45, 7) is 1.05. The Balaban J connectivity index is 1.31. The van der Waals surface area contributed by atoms with E-state index in [1.807, 2.05) is 18.2 Å². The molecular weight excluding hydrogens is 419 g/mol. The fourth-order valence-corrected chi connectivity index (χ4v) is 3.17. The van der Waals surface area contributed by atoms with Gasteiger partial charge < -0.3 is 24.1 Å². The van der Waals surface area contributed by atoms with Crippen LogP contribution >= 0.6 is 23.2 Å². The third-order valence-corrected chi connectivity index (χ3v) is 4.64. The summed E-state index contributed by atoms with van der Waals surface area (Å²) in [5, 5.41) is 7.53. The molecule has 4 rings (SSSR count). The average molecular weight is 435 g/mol. The number of hydrogen-bond donors (Lipinski definition) is 1. The predicted molar refractivity (Wildman–Crippen MR) is 107 cm³/mol. The second-order valence-electron chi connectivity index (χ2n) is 6.18. The molecule has 3 aromatic rings. The van der Waals surface area contributed by atoms with Crippen LogP contribution in [0.15, 0.2) is 47.0 Å². The van der Waals surface area contributed by atoms with Gasteiger partial charge in [0.15, 0.2) is 23.9 Å². The number of rotatable bonds is 6. The monoisotopic (exact) mass is 434 g/mol. The Morgan fingerprint density at radius 1 is 1.07 bits per heavy atom. The predicted octanol–water partition coefficient (Wildman–Crippen LogP) is 4.11. The van der Waals surface area contributed by atoms with Crippen molar-refractivity contribution in [1.82, 2.24) is 10.5 Å². The highest BCUT2D eigenvalue weighted by Crippen LogP contribution is 2.34. The molecule has 2 aromatic carbocycles. The van der Waals surface area contributed by atoms with E-state index in [9.17, 15) is 4.79 Å². The number of carbonyl (C=O) groups excluding carboxylic acids is 1. The van der Waals surface area contributed by atoms with Gasteiger partial charge in [-0.1, -0.05) is 28.4 Å². The van der Waals surface area contributed by atoms with Crippen LogP contribution in [0.4, 0.5) is 0 Å². The summed E-state index contributed by atoms with van der Waals surface area (Å²) in [6, 6.07) is 12.1. The number of benzene rings is 2. The first kappa shape index (κ1) is 19.4. The maximum absolute atomic E-state index is 12.0. The maximum atomic E-state index is 12.0. The number of carbonyl (C=O) groups is 1. The maximum Gasteiger partial charge on any atom is 0.258 e. The third kappa shape index (κ3) is 4.75. The highest BCUT2D eigenvalue weighted by atomic mass is 35.5. The van der Waals surface area contributed by atoms with E-state index in [0.29, 0.717) is 52.0 Å².